The first-order valence-electron chi connectivity index (χ1n) is 10.00. The van der Waals surface area contributed by atoms with Gasteiger partial charge in [0.25, 0.3) is 0 Å². The monoisotopic (exact) mass is 682 g/mol. The number of hydrogen-bond donors (Lipinski definition) is 0. The summed E-state index contributed by atoms with van der Waals surface area (Å²) >= 11 is 0. The first kappa shape index (κ1) is 32.2. The summed E-state index contributed by atoms with van der Waals surface area (Å²) in [7, 11) is -0.342. The fourth-order valence-electron chi connectivity index (χ4n) is 2.90. The molecule has 0 heterocycles. The number of benzene rings is 4. The van der Waals surface area contributed by atoms with E-state index in [0.29, 0.717) is 0 Å². The molecule has 0 amide bonds. The van der Waals surface area contributed by atoms with E-state index in [4.69, 9.17) is 0 Å². The predicted octanol–water partition coefficient (Wildman–Crippen LogP) is 6.01. The molecular formula is C27H28F3OP2Pt-. The van der Waals surface area contributed by atoms with E-state index in [1.807, 2.05) is 0 Å². The van der Waals surface area contributed by atoms with Crippen LogP contribution in [0.25, 0.3) is 0 Å². The van der Waals surface area contributed by atoms with Gasteiger partial charge in [0.1, 0.15) is 0 Å². The standard InChI is InChI=1S/2C13H13P.CF3.H2O.Pt/c2*1-14(12-8-4-2-5-9-12)13-10-6-3-7-11-13;2-1(3)4;;/h2*2-11H,1H3;;1H2;/q;;-1;;. The van der Waals surface area contributed by atoms with Crippen LogP contribution in [-0.4, -0.2) is 18.8 Å². The molecule has 0 saturated heterocycles. The molecule has 0 saturated carbocycles. The first-order chi connectivity index (χ1) is 15.5. The molecule has 34 heavy (non-hydrogen) atoms. The van der Waals surface area contributed by atoms with Crippen molar-refractivity contribution in [2.24, 2.45) is 0 Å². The maximum atomic E-state index is 9.58. The van der Waals surface area contributed by atoms with E-state index in [0.717, 1.165) is 0 Å². The van der Waals surface area contributed by atoms with Crippen LogP contribution in [0.1, 0.15) is 0 Å². The third-order valence-corrected chi connectivity index (χ3v) is 8.86. The van der Waals surface area contributed by atoms with Crippen molar-refractivity contribution in [2.75, 3.05) is 13.3 Å². The second-order valence-electron chi connectivity index (χ2n) is 6.67. The van der Waals surface area contributed by atoms with Gasteiger partial charge in [0.05, 0.1) is 0 Å². The van der Waals surface area contributed by atoms with E-state index < -0.39 is 6.68 Å². The van der Waals surface area contributed by atoms with Gasteiger partial charge in [0.2, 0.25) is 0 Å². The maximum absolute atomic E-state index is 9.58. The Labute approximate surface area is 217 Å². The Morgan fingerprint density at radius 2 is 0.588 bits per heavy atom. The van der Waals surface area contributed by atoms with Gasteiger partial charge in [-0.1, -0.05) is 121 Å². The molecule has 0 aliphatic carbocycles. The van der Waals surface area contributed by atoms with Crippen molar-refractivity contribution >= 4 is 37.1 Å². The Bertz CT molecular complexity index is 833. The van der Waals surface area contributed by atoms with Crippen molar-refractivity contribution in [3.63, 3.8) is 0 Å². The predicted molar refractivity (Wildman–Crippen MR) is 140 cm³/mol. The van der Waals surface area contributed by atoms with Gasteiger partial charge in [-0.25, -0.2) is 0 Å². The zero-order valence-corrected chi connectivity index (χ0v) is 23.0. The van der Waals surface area contributed by atoms with Gasteiger partial charge in [-0.2, -0.15) is 0 Å². The normalized spacial score (nSPS) is 9.65. The largest absolute Gasteiger partial charge is 0.412 e. The van der Waals surface area contributed by atoms with Gasteiger partial charge in [0, 0.05) is 21.1 Å². The van der Waals surface area contributed by atoms with Gasteiger partial charge in [0.15, 0.2) is 6.68 Å². The van der Waals surface area contributed by atoms with Gasteiger partial charge in [-0.05, 0) is 50.4 Å². The molecule has 4 rings (SSSR count). The minimum absolute atomic E-state index is 0. The summed E-state index contributed by atoms with van der Waals surface area (Å²) in [5, 5.41) is 5.75. The molecule has 184 valence electrons. The summed E-state index contributed by atoms with van der Waals surface area (Å²) in [6.45, 7) is 1.53. The molecule has 0 bridgehead atoms. The Morgan fingerprint density at radius 3 is 0.735 bits per heavy atom. The molecule has 7 heteroatoms. The summed E-state index contributed by atoms with van der Waals surface area (Å²) in [5.74, 6) is 0. The summed E-state index contributed by atoms with van der Waals surface area (Å²) in [5.41, 5.74) is 0. The molecule has 0 radical (unpaired) electrons. The van der Waals surface area contributed by atoms with Crippen molar-refractivity contribution in [3.8, 4) is 0 Å². The topological polar surface area (TPSA) is 31.5 Å². The average molecular weight is 683 g/mol. The third-order valence-electron chi connectivity index (χ3n) is 4.57. The quantitative estimate of drug-likeness (QED) is 0.187. The second kappa shape index (κ2) is 18.5. The van der Waals surface area contributed by atoms with E-state index in [1.165, 1.54) is 21.2 Å². The fourth-order valence-corrected chi connectivity index (χ4v) is 5.98. The molecular weight excluding hydrogens is 654 g/mol. The van der Waals surface area contributed by atoms with Crippen LogP contribution in [0, 0.1) is 6.68 Å². The Kier molecular flexibility index (Phi) is 17.5. The SMILES string of the molecule is CP(c1ccccc1)c1ccccc1.CP(c1ccccc1)c1ccccc1.F[C-](F)F.O.[Pt]. The van der Waals surface area contributed by atoms with Crippen LogP contribution in [0.2, 0.25) is 0 Å². The second-order valence-corrected chi connectivity index (χ2v) is 11.0. The van der Waals surface area contributed by atoms with Crippen LogP contribution in [0.5, 0.6) is 0 Å². The smallest absolute Gasteiger partial charge is 0.154 e. The molecule has 0 spiro atoms. The van der Waals surface area contributed by atoms with E-state index in [2.05, 4.69) is 135 Å². The number of rotatable bonds is 4. The molecule has 0 aliphatic rings. The van der Waals surface area contributed by atoms with Gasteiger partial charge in [-0.15, -0.1) is 0 Å². The van der Waals surface area contributed by atoms with Crippen molar-refractivity contribution in [1.29, 1.82) is 0 Å². The van der Waals surface area contributed by atoms with Crippen LogP contribution in [-0.2, 0) is 21.1 Å². The minimum Gasteiger partial charge on any atom is -0.412 e. The zero-order valence-electron chi connectivity index (χ0n) is 18.9. The van der Waals surface area contributed by atoms with Crippen molar-refractivity contribution in [2.45, 2.75) is 0 Å². The Balaban J connectivity index is 0.000000528. The van der Waals surface area contributed by atoms with Crippen LogP contribution in [0.3, 0.4) is 0 Å². The molecule has 4 aromatic rings. The fraction of sp³-hybridized carbons (Fsp3) is 0.0741. The Morgan fingerprint density at radius 1 is 0.441 bits per heavy atom. The van der Waals surface area contributed by atoms with Crippen LogP contribution in [0.15, 0.2) is 121 Å². The van der Waals surface area contributed by atoms with E-state index in [9.17, 15) is 13.2 Å². The molecule has 4 aromatic carbocycles. The maximum Gasteiger partial charge on any atom is 0.154 e. The third kappa shape index (κ3) is 12.0. The zero-order chi connectivity index (χ0) is 23.2. The summed E-state index contributed by atoms with van der Waals surface area (Å²) in [6.07, 6.45) is 0. The van der Waals surface area contributed by atoms with E-state index >= 15 is 0 Å². The van der Waals surface area contributed by atoms with Crippen LogP contribution < -0.4 is 21.2 Å². The molecule has 0 aliphatic heterocycles. The number of hydrogen-bond acceptors (Lipinski definition) is 0. The molecule has 2 N–H and O–H groups in total. The Hall–Kier alpha value is -1.82. The van der Waals surface area contributed by atoms with Crippen molar-refractivity contribution in [3.05, 3.63) is 128 Å². The first-order valence-corrected chi connectivity index (χ1v) is 13.6. The molecule has 1 nitrogen and oxygen atoms in total. The van der Waals surface area contributed by atoms with Gasteiger partial charge < -0.3 is 18.6 Å². The van der Waals surface area contributed by atoms with Crippen LogP contribution >= 0.6 is 15.8 Å². The average Bonchev–Trinajstić information content (AvgIpc) is 2.85. The number of halogens is 3. The van der Waals surface area contributed by atoms with Crippen LogP contribution in [0.4, 0.5) is 13.2 Å². The van der Waals surface area contributed by atoms with Crippen molar-refractivity contribution < 1.29 is 39.7 Å². The summed E-state index contributed by atoms with van der Waals surface area (Å²) in [4.78, 5) is 0. The minimum atomic E-state index is -3.08. The molecule has 0 aromatic heterocycles. The molecule has 0 unspecified atom stereocenters. The van der Waals surface area contributed by atoms with Gasteiger partial charge >= 0.3 is 0 Å². The summed E-state index contributed by atoms with van der Waals surface area (Å²) in [6, 6.07) is 42.8. The van der Waals surface area contributed by atoms with E-state index in [-0.39, 0.29) is 42.4 Å². The molecule has 0 atom stereocenters. The van der Waals surface area contributed by atoms with E-state index in [1.54, 1.807) is 0 Å². The summed E-state index contributed by atoms with van der Waals surface area (Å²) < 4.78 is 28.8. The van der Waals surface area contributed by atoms with Gasteiger partial charge in [-0.3, -0.25) is 0 Å². The van der Waals surface area contributed by atoms with Crippen molar-refractivity contribution in [1.82, 2.24) is 0 Å². The molecule has 0 fully saturated rings.